The highest BCUT2D eigenvalue weighted by Crippen LogP contribution is 2.32. The van der Waals surface area contributed by atoms with Crippen molar-refractivity contribution in [3.8, 4) is 5.75 Å². The van der Waals surface area contributed by atoms with Gasteiger partial charge in [-0.2, -0.15) is 0 Å². The van der Waals surface area contributed by atoms with E-state index in [0.717, 1.165) is 18.7 Å². The van der Waals surface area contributed by atoms with Gasteiger partial charge in [0.05, 0.1) is 5.02 Å². The van der Waals surface area contributed by atoms with Gasteiger partial charge in [-0.25, -0.2) is 8.78 Å². The Morgan fingerprint density at radius 1 is 1.09 bits per heavy atom. The first-order valence-corrected chi connectivity index (χ1v) is 7.09. The van der Waals surface area contributed by atoms with E-state index in [0.29, 0.717) is 5.75 Å². The maximum atomic E-state index is 13.7. The smallest absolute Gasteiger partial charge is 0.142 e. The Kier molecular flexibility index (Phi) is 5.62. The van der Waals surface area contributed by atoms with E-state index in [2.05, 4.69) is 5.32 Å². The van der Waals surface area contributed by atoms with Crippen molar-refractivity contribution in [1.29, 1.82) is 0 Å². The summed E-state index contributed by atoms with van der Waals surface area (Å²) in [6.07, 6.45) is -0.288. The molecule has 0 unspecified atom stereocenters. The minimum absolute atomic E-state index is 0. The molecule has 0 aromatic heterocycles. The van der Waals surface area contributed by atoms with Crippen molar-refractivity contribution in [2.45, 2.75) is 6.10 Å². The highest BCUT2D eigenvalue weighted by molar-refractivity contribution is 6.30. The van der Waals surface area contributed by atoms with Gasteiger partial charge in [-0.15, -0.1) is 12.4 Å². The molecule has 0 radical (unpaired) electrons. The van der Waals surface area contributed by atoms with E-state index < -0.39 is 5.82 Å². The van der Waals surface area contributed by atoms with Crippen LogP contribution in [0, 0.1) is 17.6 Å². The number of hydrogen-bond acceptors (Lipinski definition) is 2. The fourth-order valence-corrected chi connectivity index (χ4v) is 2.43. The molecular formula is C16H15Cl2F2NO. The summed E-state index contributed by atoms with van der Waals surface area (Å²) in [5.41, 5.74) is 0.729. The molecule has 118 valence electrons. The molecule has 22 heavy (non-hydrogen) atoms. The van der Waals surface area contributed by atoms with Crippen LogP contribution in [0.25, 0.3) is 0 Å². The number of halogens is 4. The molecule has 1 heterocycles. The molecule has 1 saturated heterocycles. The third-order valence-electron chi connectivity index (χ3n) is 3.59. The lowest BCUT2D eigenvalue weighted by atomic mass is 9.90. The van der Waals surface area contributed by atoms with Crippen LogP contribution in [0.3, 0.4) is 0 Å². The first kappa shape index (κ1) is 17.0. The van der Waals surface area contributed by atoms with E-state index in [4.69, 9.17) is 16.3 Å². The van der Waals surface area contributed by atoms with Crippen LogP contribution >= 0.6 is 24.0 Å². The predicted octanol–water partition coefficient (Wildman–Crippen LogP) is 4.38. The Morgan fingerprint density at radius 2 is 1.77 bits per heavy atom. The van der Waals surface area contributed by atoms with Crippen molar-refractivity contribution < 1.29 is 13.5 Å². The first-order chi connectivity index (χ1) is 10.1. The van der Waals surface area contributed by atoms with Gasteiger partial charge in [0.1, 0.15) is 23.5 Å². The first-order valence-electron chi connectivity index (χ1n) is 6.71. The van der Waals surface area contributed by atoms with Gasteiger partial charge < -0.3 is 10.1 Å². The fourth-order valence-electron chi connectivity index (χ4n) is 2.31. The summed E-state index contributed by atoms with van der Waals surface area (Å²) in [4.78, 5) is 0. The predicted molar refractivity (Wildman–Crippen MR) is 84.8 cm³/mol. The molecule has 1 aliphatic rings. The quantitative estimate of drug-likeness (QED) is 0.887. The summed E-state index contributed by atoms with van der Waals surface area (Å²) in [6.45, 7) is 1.60. The summed E-state index contributed by atoms with van der Waals surface area (Å²) in [6, 6.07) is 10.5. The third-order valence-corrected chi connectivity index (χ3v) is 3.90. The van der Waals surface area contributed by atoms with Gasteiger partial charge in [-0.05, 0) is 42.0 Å². The second-order valence-electron chi connectivity index (χ2n) is 5.08. The molecule has 0 spiro atoms. The maximum absolute atomic E-state index is 13.7. The minimum atomic E-state index is -0.464. The Bertz CT molecular complexity index is 633. The Labute approximate surface area is 138 Å². The van der Waals surface area contributed by atoms with E-state index in [1.54, 1.807) is 18.2 Å². The van der Waals surface area contributed by atoms with Gasteiger partial charge in [0, 0.05) is 19.0 Å². The number of nitrogens with one attached hydrogen (secondary N) is 1. The fraction of sp³-hybridized carbons (Fsp3) is 0.250. The zero-order valence-electron chi connectivity index (χ0n) is 11.6. The molecule has 6 heteroatoms. The molecule has 0 saturated carbocycles. The van der Waals surface area contributed by atoms with Crippen LogP contribution in [0.2, 0.25) is 5.02 Å². The van der Waals surface area contributed by atoms with Gasteiger partial charge in [0.15, 0.2) is 0 Å². The summed E-state index contributed by atoms with van der Waals surface area (Å²) in [5.74, 6) is 0.0233. The van der Waals surface area contributed by atoms with Crippen molar-refractivity contribution in [2.75, 3.05) is 13.1 Å². The zero-order chi connectivity index (χ0) is 14.8. The third kappa shape index (κ3) is 3.69. The molecule has 3 rings (SSSR count). The highest BCUT2D eigenvalue weighted by atomic mass is 35.5. The van der Waals surface area contributed by atoms with Crippen LogP contribution < -0.4 is 10.1 Å². The summed E-state index contributed by atoms with van der Waals surface area (Å²) in [7, 11) is 0. The van der Waals surface area contributed by atoms with Gasteiger partial charge in [0.2, 0.25) is 0 Å². The summed E-state index contributed by atoms with van der Waals surface area (Å²) < 4.78 is 32.6. The molecule has 2 aromatic rings. The Hall–Kier alpha value is -1.36. The Morgan fingerprint density at radius 3 is 2.32 bits per heavy atom. The lowest BCUT2D eigenvalue weighted by Crippen LogP contribution is -2.46. The average molecular weight is 346 g/mol. The lowest BCUT2D eigenvalue weighted by molar-refractivity contribution is 0.0989. The molecule has 1 fully saturated rings. The van der Waals surface area contributed by atoms with E-state index in [1.165, 1.54) is 24.3 Å². The monoisotopic (exact) mass is 345 g/mol. The molecule has 1 atom stereocenters. The molecule has 1 aliphatic heterocycles. The normalized spacial score (nSPS) is 15.6. The summed E-state index contributed by atoms with van der Waals surface area (Å²) in [5, 5.41) is 3.26. The molecule has 0 bridgehead atoms. The van der Waals surface area contributed by atoms with Crippen molar-refractivity contribution in [3.05, 3.63) is 64.7 Å². The van der Waals surface area contributed by atoms with Gasteiger partial charge in [-0.1, -0.05) is 17.7 Å². The second-order valence-corrected chi connectivity index (χ2v) is 5.49. The molecule has 2 aromatic carbocycles. The second kappa shape index (κ2) is 7.27. The molecular weight excluding hydrogens is 331 g/mol. The van der Waals surface area contributed by atoms with Gasteiger partial charge in [-0.3, -0.25) is 0 Å². The van der Waals surface area contributed by atoms with Crippen LogP contribution in [0.15, 0.2) is 42.5 Å². The minimum Gasteiger partial charge on any atom is -0.485 e. The van der Waals surface area contributed by atoms with Gasteiger partial charge in [0.25, 0.3) is 0 Å². The molecule has 0 amide bonds. The lowest BCUT2D eigenvalue weighted by Gasteiger charge is -2.35. The number of ether oxygens (including phenoxy) is 1. The van der Waals surface area contributed by atoms with E-state index in [-0.39, 0.29) is 35.3 Å². The van der Waals surface area contributed by atoms with E-state index >= 15 is 0 Å². The topological polar surface area (TPSA) is 21.3 Å². The SMILES string of the molecule is Cl.Fc1ccc(O[C@@H](c2ccc(Cl)c(F)c2)C2CNC2)cc1. The molecule has 2 nitrogen and oxygen atoms in total. The van der Waals surface area contributed by atoms with Gasteiger partial charge >= 0.3 is 0 Å². The zero-order valence-corrected chi connectivity index (χ0v) is 13.1. The number of rotatable bonds is 4. The molecule has 0 aliphatic carbocycles. The largest absolute Gasteiger partial charge is 0.485 e. The number of benzene rings is 2. The van der Waals surface area contributed by atoms with Crippen LogP contribution in [-0.2, 0) is 0 Å². The van der Waals surface area contributed by atoms with Crippen LogP contribution in [0.5, 0.6) is 5.75 Å². The Balaban J connectivity index is 0.00000176. The van der Waals surface area contributed by atoms with Crippen LogP contribution in [0.4, 0.5) is 8.78 Å². The highest BCUT2D eigenvalue weighted by Gasteiger charge is 2.30. The van der Waals surface area contributed by atoms with Crippen LogP contribution in [0.1, 0.15) is 11.7 Å². The standard InChI is InChI=1S/C16H14ClF2NO.ClH/c17-14-6-1-10(7-15(14)19)16(11-8-20-9-11)21-13-4-2-12(18)3-5-13;/h1-7,11,16,20H,8-9H2;1H/t16-;/m0./s1. The average Bonchev–Trinajstić information content (AvgIpc) is 2.41. The molecule has 1 N–H and O–H groups in total. The van der Waals surface area contributed by atoms with Crippen molar-refractivity contribution in [2.24, 2.45) is 5.92 Å². The summed E-state index contributed by atoms with van der Waals surface area (Å²) >= 11 is 5.72. The van der Waals surface area contributed by atoms with Crippen molar-refractivity contribution in [1.82, 2.24) is 5.32 Å². The van der Waals surface area contributed by atoms with Crippen molar-refractivity contribution >= 4 is 24.0 Å². The maximum Gasteiger partial charge on any atom is 0.142 e. The van der Waals surface area contributed by atoms with Crippen LogP contribution in [-0.4, -0.2) is 13.1 Å². The van der Waals surface area contributed by atoms with Crippen molar-refractivity contribution in [3.63, 3.8) is 0 Å². The number of hydrogen-bond donors (Lipinski definition) is 1. The van der Waals surface area contributed by atoms with E-state index in [9.17, 15) is 8.78 Å². The van der Waals surface area contributed by atoms with E-state index in [1.807, 2.05) is 0 Å².